The van der Waals surface area contributed by atoms with E-state index in [0.717, 1.165) is 33.5 Å². The second-order valence-electron chi connectivity index (χ2n) is 8.51. The molecule has 0 atom stereocenters. The Morgan fingerprint density at radius 2 is 1.70 bits per heavy atom. The van der Waals surface area contributed by atoms with Crippen LogP contribution in [0.4, 0.5) is 4.79 Å². The van der Waals surface area contributed by atoms with Crippen LogP contribution in [0.25, 0.3) is 17.0 Å². The van der Waals surface area contributed by atoms with Crippen LogP contribution in [-0.4, -0.2) is 29.0 Å². The van der Waals surface area contributed by atoms with Gasteiger partial charge in [0, 0.05) is 22.2 Å². The molecule has 7 heteroatoms. The van der Waals surface area contributed by atoms with E-state index in [0.29, 0.717) is 19.1 Å². The smallest absolute Gasteiger partial charge is 0.328 e. The minimum Gasteiger partial charge on any atom is -0.491 e. The number of rotatable bonds is 6. The molecule has 1 aliphatic heterocycles. The van der Waals surface area contributed by atoms with Crippen molar-refractivity contribution >= 4 is 34.8 Å². The summed E-state index contributed by atoms with van der Waals surface area (Å²) in [6, 6.07) is 13.3. The third-order valence-electron chi connectivity index (χ3n) is 5.88. The van der Waals surface area contributed by atoms with Crippen LogP contribution in [0.3, 0.4) is 0 Å². The van der Waals surface area contributed by atoms with Crippen LogP contribution in [0.2, 0.25) is 0 Å². The lowest BCUT2D eigenvalue weighted by Crippen LogP contribution is -2.51. The largest absolute Gasteiger partial charge is 0.491 e. The maximum atomic E-state index is 12.2. The summed E-state index contributed by atoms with van der Waals surface area (Å²) in [5.41, 5.74) is 4.86. The summed E-state index contributed by atoms with van der Waals surface area (Å²) in [4.78, 5) is 35.8. The highest BCUT2D eigenvalue weighted by Crippen LogP contribution is 2.30. The first-order valence-corrected chi connectivity index (χ1v) is 11.0. The molecule has 7 nitrogen and oxygen atoms in total. The lowest BCUT2D eigenvalue weighted by molar-refractivity contribution is -0.123. The molecule has 4 amide bonds. The molecular weight excluding hydrogens is 418 g/mol. The van der Waals surface area contributed by atoms with Gasteiger partial charge >= 0.3 is 6.03 Å². The Morgan fingerprint density at radius 3 is 2.39 bits per heavy atom. The Hall–Kier alpha value is -3.87. The van der Waals surface area contributed by atoms with Crippen molar-refractivity contribution < 1.29 is 19.1 Å². The van der Waals surface area contributed by atoms with E-state index in [1.54, 1.807) is 6.08 Å². The van der Waals surface area contributed by atoms with Crippen LogP contribution >= 0.6 is 0 Å². The van der Waals surface area contributed by atoms with Crippen molar-refractivity contribution in [1.29, 1.82) is 0 Å². The highest BCUT2D eigenvalue weighted by molar-refractivity contribution is 6.31. The van der Waals surface area contributed by atoms with Crippen LogP contribution in [0.5, 0.6) is 5.75 Å². The van der Waals surface area contributed by atoms with Gasteiger partial charge in [0.15, 0.2) is 0 Å². The third kappa shape index (κ3) is 4.39. The van der Waals surface area contributed by atoms with Gasteiger partial charge in [-0.3, -0.25) is 20.2 Å². The number of para-hydroxylation sites is 1. The molecule has 0 aliphatic carbocycles. The highest BCUT2D eigenvalue weighted by Gasteiger charge is 2.28. The molecule has 0 saturated carbocycles. The van der Waals surface area contributed by atoms with E-state index in [1.807, 2.05) is 38.1 Å². The number of hydrogen-bond acceptors (Lipinski definition) is 4. The average molecular weight is 446 g/mol. The van der Waals surface area contributed by atoms with Gasteiger partial charge in [0.2, 0.25) is 0 Å². The number of fused-ring (bicyclic) bond motifs is 1. The minimum absolute atomic E-state index is 0.0989. The van der Waals surface area contributed by atoms with Gasteiger partial charge in [-0.2, -0.15) is 0 Å². The molecule has 0 unspecified atom stereocenters. The molecule has 0 spiro atoms. The molecule has 33 heavy (non-hydrogen) atoms. The van der Waals surface area contributed by atoms with Crippen molar-refractivity contribution in [3.63, 3.8) is 0 Å². The summed E-state index contributed by atoms with van der Waals surface area (Å²) in [5.74, 6) is -0.165. The van der Waals surface area contributed by atoms with Crippen molar-refractivity contribution in [2.75, 3.05) is 6.61 Å². The Labute approximate surface area is 192 Å². The van der Waals surface area contributed by atoms with E-state index in [-0.39, 0.29) is 5.57 Å². The van der Waals surface area contributed by atoms with E-state index in [2.05, 4.69) is 47.2 Å². The summed E-state index contributed by atoms with van der Waals surface area (Å²) in [6.45, 7) is 9.35. The van der Waals surface area contributed by atoms with Crippen molar-refractivity contribution in [2.24, 2.45) is 0 Å². The molecule has 1 aliphatic rings. The fourth-order valence-corrected chi connectivity index (χ4v) is 4.17. The Kier molecular flexibility index (Phi) is 6.05. The summed E-state index contributed by atoms with van der Waals surface area (Å²) >= 11 is 0. The van der Waals surface area contributed by atoms with Gasteiger partial charge in [0.25, 0.3) is 11.8 Å². The van der Waals surface area contributed by atoms with Crippen LogP contribution in [0, 0.1) is 13.8 Å². The molecule has 1 saturated heterocycles. The zero-order valence-corrected chi connectivity index (χ0v) is 19.2. The average Bonchev–Trinajstić information content (AvgIpc) is 3.01. The summed E-state index contributed by atoms with van der Waals surface area (Å²) < 4.78 is 8.31. The van der Waals surface area contributed by atoms with Crippen molar-refractivity contribution in [3.05, 3.63) is 70.4 Å². The first-order valence-electron chi connectivity index (χ1n) is 11.0. The second-order valence-corrected chi connectivity index (χ2v) is 8.51. The van der Waals surface area contributed by atoms with E-state index in [9.17, 15) is 14.4 Å². The number of nitrogens with one attached hydrogen (secondary N) is 2. The molecule has 0 radical (unpaired) electrons. The molecular formula is C26H27N3O4. The molecule has 2 heterocycles. The monoisotopic (exact) mass is 445 g/mol. The number of hydrogen-bond donors (Lipinski definition) is 2. The Morgan fingerprint density at radius 1 is 1.00 bits per heavy atom. The summed E-state index contributed by atoms with van der Waals surface area (Å²) in [7, 11) is 0. The standard InChI is InChI=1S/C26H27N3O4/c1-15(2)18-10-9-16(3)13-23(18)33-12-11-29-17(4)20(19-7-5-6-8-22(19)29)14-21-24(30)27-26(32)28-25(21)31/h5-10,13-15H,11-12H2,1-4H3,(H2,27,28,30,31,32). The van der Waals surface area contributed by atoms with Gasteiger partial charge in [-0.15, -0.1) is 0 Å². The number of aromatic nitrogens is 1. The number of amides is 4. The van der Waals surface area contributed by atoms with E-state index in [1.165, 1.54) is 5.56 Å². The highest BCUT2D eigenvalue weighted by atomic mass is 16.5. The normalized spacial score (nSPS) is 14.0. The van der Waals surface area contributed by atoms with E-state index >= 15 is 0 Å². The Balaban J connectivity index is 1.65. The SMILES string of the molecule is Cc1ccc(C(C)C)c(OCCn2c(C)c(C=C3C(=O)NC(=O)NC3=O)c3ccccc32)c1. The maximum absolute atomic E-state index is 12.2. The molecule has 0 bridgehead atoms. The molecule has 4 rings (SSSR count). The van der Waals surface area contributed by atoms with Gasteiger partial charge < -0.3 is 9.30 Å². The molecule has 2 aromatic carbocycles. The number of nitrogens with zero attached hydrogens (tertiary/aromatic N) is 1. The predicted octanol–water partition coefficient (Wildman–Crippen LogP) is 4.21. The van der Waals surface area contributed by atoms with Crippen molar-refractivity contribution in [1.82, 2.24) is 15.2 Å². The first kappa shape index (κ1) is 22.3. The van der Waals surface area contributed by atoms with Gasteiger partial charge in [-0.25, -0.2) is 4.79 Å². The number of benzene rings is 2. The van der Waals surface area contributed by atoms with Gasteiger partial charge in [0.05, 0.1) is 6.54 Å². The molecule has 1 fully saturated rings. The van der Waals surface area contributed by atoms with Crippen LogP contribution in [0.1, 0.15) is 42.1 Å². The van der Waals surface area contributed by atoms with Gasteiger partial charge in [-0.05, 0) is 49.1 Å². The molecule has 1 aromatic heterocycles. The lowest BCUT2D eigenvalue weighted by Gasteiger charge is -2.16. The maximum Gasteiger partial charge on any atom is 0.328 e. The van der Waals surface area contributed by atoms with E-state index < -0.39 is 17.8 Å². The number of barbiturate groups is 1. The lowest BCUT2D eigenvalue weighted by atomic mass is 10.0. The first-order chi connectivity index (χ1) is 15.8. The quantitative estimate of drug-likeness (QED) is 0.439. The predicted molar refractivity (Wildman–Crippen MR) is 127 cm³/mol. The van der Waals surface area contributed by atoms with Gasteiger partial charge in [0.1, 0.15) is 17.9 Å². The molecule has 3 aromatic rings. The summed E-state index contributed by atoms with van der Waals surface area (Å²) in [6.07, 6.45) is 1.55. The zero-order chi connectivity index (χ0) is 23.7. The third-order valence-corrected chi connectivity index (χ3v) is 5.88. The van der Waals surface area contributed by atoms with E-state index in [4.69, 9.17) is 4.74 Å². The van der Waals surface area contributed by atoms with Crippen LogP contribution in [0.15, 0.2) is 48.0 Å². The van der Waals surface area contributed by atoms with Crippen molar-refractivity contribution in [2.45, 2.75) is 40.2 Å². The number of aryl methyl sites for hydroxylation is 1. The molecule has 170 valence electrons. The number of ether oxygens (including phenoxy) is 1. The summed E-state index contributed by atoms with van der Waals surface area (Å²) in [5, 5.41) is 5.16. The fourth-order valence-electron chi connectivity index (χ4n) is 4.17. The number of carbonyl (C=O) groups is 3. The zero-order valence-electron chi connectivity index (χ0n) is 19.2. The van der Waals surface area contributed by atoms with Crippen LogP contribution in [-0.2, 0) is 16.1 Å². The fraction of sp³-hybridized carbons (Fsp3) is 0.269. The Bertz CT molecular complexity index is 1280. The number of carbonyl (C=O) groups excluding carboxylic acids is 3. The minimum atomic E-state index is -0.810. The molecule has 2 N–H and O–H groups in total. The van der Waals surface area contributed by atoms with Crippen LogP contribution < -0.4 is 15.4 Å². The number of imide groups is 2. The number of urea groups is 1. The van der Waals surface area contributed by atoms with Crippen molar-refractivity contribution in [3.8, 4) is 5.75 Å². The second kappa shape index (κ2) is 8.94. The topological polar surface area (TPSA) is 89.4 Å². The van der Waals surface area contributed by atoms with Gasteiger partial charge in [-0.1, -0.05) is 44.2 Å².